The van der Waals surface area contributed by atoms with Crippen molar-refractivity contribution in [2.75, 3.05) is 25.7 Å². The van der Waals surface area contributed by atoms with Crippen LogP contribution in [0.1, 0.15) is 12.0 Å². The lowest BCUT2D eigenvalue weighted by atomic mass is 10.2. The molecule has 0 radical (unpaired) electrons. The van der Waals surface area contributed by atoms with Crippen LogP contribution >= 0.6 is 23.4 Å². The first-order chi connectivity index (χ1) is 9.97. The largest absolute Gasteiger partial charge is 0.495 e. The van der Waals surface area contributed by atoms with Gasteiger partial charge in [-0.2, -0.15) is 11.8 Å². The van der Waals surface area contributed by atoms with Crippen molar-refractivity contribution in [3.8, 4) is 5.75 Å². The fourth-order valence-corrected chi connectivity index (χ4v) is 5.36. The third-order valence-corrected chi connectivity index (χ3v) is 6.12. The lowest BCUT2D eigenvalue weighted by Gasteiger charge is -2.17. The van der Waals surface area contributed by atoms with E-state index in [1.54, 1.807) is 24.9 Å². The van der Waals surface area contributed by atoms with Crippen LogP contribution in [-0.2, 0) is 16.6 Å². The lowest BCUT2D eigenvalue weighted by molar-refractivity contribution is 0.395. The molecule has 21 heavy (non-hydrogen) atoms. The van der Waals surface area contributed by atoms with Crippen LogP contribution in [0.2, 0.25) is 5.02 Å². The normalized spacial score (nSPS) is 18.9. The van der Waals surface area contributed by atoms with Gasteiger partial charge in [0.25, 0.3) is 0 Å². The Balaban J connectivity index is 2.40. The maximum Gasteiger partial charge on any atom is 0.244 e. The molecule has 1 atom stereocenters. The highest BCUT2D eigenvalue weighted by atomic mass is 35.5. The third-order valence-electron chi connectivity index (χ3n) is 3.21. The highest BCUT2D eigenvalue weighted by Gasteiger charge is 2.27. The average Bonchev–Trinajstić information content (AvgIpc) is 2.90. The first kappa shape index (κ1) is 16.9. The number of ether oxygens (including phenoxy) is 1. The molecule has 1 heterocycles. The average molecular weight is 351 g/mol. The Morgan fingerprint density at radius 3 is 2.81 bits per heavy atom. The van der Waals surface area contributed by atoms with Gasteiger partial charge >= 0.3 is 0 Å². The number of methoxy groups -OCH3 is 1. The lowest BCUT2D eigenvalue weighted by Crippen LogP contribution is -2.35. The molecular weight excluding hydrogens is 332 g/mol. The van der Waals surface area contributed by atoms with Crippen molar-refractivity contribution in [1.29, 1.82) is 0 Å². The predicted molar refractivity (Wildman–Crippen MR) is 86.8 cm³/mol. The first-order valence-electron chi connectivity index (χ1n) is 6.59. The summed E-state index contributed by atoms with van der Waals surface area (Å²) in [5.74, 6) is 2.11. The van der Waals surface area contributed by atoms with Crippen LogP contribution < -0.4 is 14.8 Å². The molecule has 118 valence electrons. The summed E-state index contributed by atoms with van der Waals surface area (Å²) in [5, 5.41) is 3.36. The zero-order chi connectivity index (χ0) is 15.5. The van der Waals surface area contributed by atoms with Crippen LogP contribution in [-0.4, -0.2) is 40.1 Å². The quantitative estimate of drug-likeness (QED) is 0.819. The fourth-order valence-electron chi connectivity index (χ4n) is 2.29. The van der Waals surface area contributed by atoms with Crippen molar-refractivity contribution >= 4 is 33.4 Å². The van der Waals surface area contributed by atoms with E-state index in [1.165, 1.54) is 13.2 Å². The van der Waals surface area contributed by atoms with Crippen LogP contribution in [0.3, 0.4) is 0 Å². The predicted octanol–water partition coefficient (Wildman–Crippen LogP) is 1.85. The Morgan fingerprint density at radius 2 is 2.24 bits per heavy atom. The van der Waals surface area contributed by atoms with E-state index in [-0.39, 0.29) is 10.9 Å². The second kappa shape index (κ2) is 7.19. The molecule has 2 rings (SSSR count). The monoisotopic (exact) mass is 350 g/mol. The summed E-state index contributed by atoms with van der Waals surface area (Å²) in [6, 6.07) is 3.11. The molecule has 0 bridgehead atoms. The molecule has 5 nitrogen and oxygen atoms in total. The molecule has 1 aromatic rings. The molecule has 1 unspecified atom stereocenters. The maximum absolute atomic E-state index is 12.6. The topological polar surface area (TPSA) is 67.4 Å². The molecule has 0 aromatic heterocycles. The van der Waals surface area contributed by atoms with E-state index < -0.39 is 10.0 Å². The minimum absolute atomic E-state index is 0.0311. The molecule has 1 saturated heterocycles. The van der Waals surface area contributed by atoms with Gasteiger partial charge in [-0.3, -0.25) is 0 Å². The number of benzene rings is 1. The van der Waals surface area contributed by atoms with Gasteiger partial charge in [-0.1, -0.05) is 11.6 Å². The van der Waals surface area contributed by atoms with E-state index in [9.17, 15) is 8.42 Å². The molecular formula is C13H19ClN2O3S2. The second-order valence-electron chi connectivity index (χ2n) is 4.81. The number of nitrogens with one attached hydrogen (secondary N) is 2. The SMILES string of the molecule is CNCc1cc(Cl)cc(S(=O)(=O)NC2CCSC2)c1OC. The van der Waals surface area contributed by atoms with Crippen LogP contribution in [0, 0.1) is 0 Å². The van der Waals surface area contributed by atoms with Gasteiger partial charge in [0.15, 0.2) is 0 Å². The van der Waals surface area contributed by atoms with Gasteiger partial charge in [0, 0.05) is 28.9 Å². The molecule has 0 amide bonds. The van der Waals surface area contributed by atoms with E-state index >= 15 is 0 Å². The molecule has 1 fully saturated rings. The van der Waals surface area contributed by atoms with Crippen LogP contribution in [0.25, 0.3) is 0 Å². The van der Waals surface area contributed by atoms with Crippen LogP contribution in [0.5, 0.6) is 5.75 Å². The smallest absolute Gasteiger partial charge is 0.244 e. The molecule has 0 aliphatic carbocycles. The number of sulfonamides is 1. The highest BCUT2D eigenvalue weighted by Crippen LogP contribution is 2.32. The van der Waals surface area contributed by atoms with Gasteiger partial charge < -0.3 is 10.1 Å². The van der Waals surface area contributed by atoms with Gasteiger partial charge in [-0.15, -0.1) is 0 Å². The Morgan fingerprint density at radius 1 is 1.48 bits per heavy atom. The Kier molecular flexibility index (Phi) is 5.79. The minimum atomic E-state index is -3.65. The number of rotatable bonds is 6. The Labute approximate surface area is 134 Å². The first-order valence-corrected chi connectivity index (χ1v) is 9.60. The van der Waals surface area contributed by atoms with Gasteiger partial charge in [-0.05, 0) is 31.4 Å². The number of hydrogen-bond donors (Lipinski definition) is 2. The minimum Gasteiger partial charge on any atom is -0.495 e. The van der Waals surface area contributed by atoms with E-state index in [0.29, 0.717) is 22.9 Å². The number of halogens is 1. The summed E-state index contributed by atoms with van der Waals surface area (Å²) in [5.41, 5.74) is 0.716. The summed E-state index contributed by atoms with van der Waals surface area (Å²) in [7, 11) is -0.405. The van der Waals surface area contributed by atoms with Gasteiger partial charge in [-0.25, -0.2) is 13.1 Å². The van der Waals surface area contributed by atoms with Crippen molar-refractivity contribution in [3.63, 3.8) is 0 Å². The molecule has 1 aliphatic rings. The summed E-state index contributed by atoms with van der Waals surface area (Å²) in [6.45, 7) is 0.478. The van der Waals surface area contributed by atoms with E-state index in [1.807, 2.05) is 0 Å². The van der Waals surface area contributed by atoms with Gasteiger partial charge in [0.05, 0.1) is 7.11 Å². The molecule has 0 saturated carbocycles. The van der Waals surface area contributed by atoms with Crippen molar-refractivity contribution in [2.24, 2.45) is 0 Å². The molecule has 1 aliphatic heterocycles. The summed E-state index contributed by atoms with van der Waals surface area (Å²) < 4.78 is 33.2. The van der Waals surface area contributed by atoms with E-state index in [0.717, 1.165) is 17.9 Å². The molecule has 1 aromatic carbocycles. The van der Waals surface area contributed by atoms with Crippen LogP contribution in [0.4, 0.5) is 0 Å². The zero-order valence-corrected chi connectivity index (χ0v) is 14.4. The van der Waals surface area contributed by atoms with E-state index in [4.69, 9.17) is 16.3 Å². The van der Waals surface area contributed by atoms with Gasteiger partial charge in [0.1, 0.15) is 10.6 Å². The van der Waals surface area contributed by atoms with Crippen molar-refractivity contribution < 1.29 is 13.2 Å². The second-order valence-corrected chi connectivity index (χ2v) is 8.08. The summed E-state index contributed by atoms with van der Waals surface area (Å²) in [4.78, 5) is 0.0969. The summed E-state index contributed by atoms with van der Waals surface area (Å²) >= 11 is 7.81. The third kappa shape index (κ3) is 4.04. The standard InChI is InChI=1S/C13H19ClN2O3S2/c1-15-7-9-5-10(14)6-12(13(9)19-2)21(17,18)16-11-3-4-20-8-11/h5-6,11,15-16H,3-4,7-8H2,1-2H3. The molecule has 2 N–H and O–H groups in total. The van der Waals surface area contributed by atoms with E-state index in [2.05, 4.69) is 10.0 Å². The maximum atomic E-state index is 12.6. The van der Waals surface area contributed by atoms with Crippen LogP contribution in [0.15, 0.2) is 17.0 Å². The Hall–Kier alpha value is -0.470. The van der Waals surface area contributed by atoms with Crippen molar-refractivity contribution in [1.82, 2.24) is 10.0 Å². The zero-order valence-electron chi connectivity index (χ0n) is 12.0. The van der Waals surface area contributed by atoms with Crippen molar-refractivity contribution in [2.45, 2.75) is 23.9 Å². The Bertz CT molecular complexity index is 602. The number of hydrogen-bond acceptors (Lipinski definition) is 5. The summed E-state index contributed by atoms with van der Waals surface area (Å²) in [6.07, 6.45) is 0.843. The molecule has 8 heteroatoms. The van der Waals surface area contributed by atoms with Gasteiger partial charge in [0.2, 0.25) is 10.0 Å². The van der Waals surface area contributed by atoms with Crippen molar-refractivity contribution in [3.05, 3.63) is 22.7 Å². The molecule has 0 spiro atoms. The highest BCUT2D eigenvalue weighted by molar-refractivity contribution is 7.99. The number of thioether (sulfide) groups is 1. The fraction of sp³-hybridized carbons (Fsp3) is 0.538.